The molecule has 0 aliphatic rings. The van der Waals surface area contributed by atoms with E-state index >= 15 is 0 Å². The summed E-state index contributed by atoms with van der Waals surface area (Å²) in [6, 6.07) is 22.3. The van der Waals surface area contributed by atoms with Crippen LogP contribution in [0.25, 0.3) is 0 Å². The number of rotatable bonds is 5. The van der Waals surface area contributed by atoms with Gasteiger partial charge in [-0.3, -0.25) is 0 Å². The van der Waals surface area contributed by atoms with Gasteiger partial charge in [-0.1, -0.05) is 0 Å². The molecule has 0 aliphatic carbocycles. The Bertz CT molecular complexity index is 481. The molecule has 0 spiro atoms. The molecule has 0 amide bonds. The molecular weight excluding hydrogens is 297 g/mol. The van der Waals surface area contributed by atoms with Crippen molar-refractivity contribution in [3.8, 4) is 0 Å². The predicted molar refractivity (Wildman–Crippen MR) is 84.2 cm³/mol. The minimum atomic E-state index is 0.451. The average molecular weight is 318 g/mol. The average Bonchev–Trinajstić information content (AvgIpc) is 2.46. The summed E-state index contributed by atoms with van der Waals surface area (Å²) in [7, 11) is 4.34. The monoisotopic (exact) mass is 319 g/mol. The van der Waals surface area contributed by atoms with Crippen LogP contribution in [0.5, 0.6) is 0 Å². The summed E-state index contributed by atoms with van der Waals surface area (Å²) in [6.07, 6.45) is 0. The zero-order valence-electron chi connectivity index (χ0n) is 11.8. The first-order valence-electron chi connectivity index (χ1n) is 6.61. The van der Waals surface area contributed by atoms with Crippen molar-refractivity contribution in [2.75, 3.05) is 14.1 Å². The van der Waals surface area contributed by atoms with Crippen LogP contribution in [-0.2, 0) is 0 Å². The third kappa shape index (κ3) is 3.94. The van der Waals surface area contributed by atoms with Crippen LogP contribution < -0.4 is 4.46 Å². The van der Waals surface area contributed by atoms with E-state index in [4.69, 9.17) is 0 Å². The van der Waals surface area contributed by atoms with Crippen molar-refractivity contribution in [1.82, 2.24) is 4.90 Å². The van der Waals surface area contributed by atoms with Gasteiger partial charge in [0.05, 0.1) is 0 Å². The van der Waals surface area contributed by atoms with Gasteiger partial charge in [-0.05, 0) is 0 Å². The van der Waals surface area contributed by atoms with E-state index in [1.54, 1.807) is 0 Å². The summed E-state index contributed by atoms with van der Waals surface area (Å²) in [4.78, 5) is 2.91. The molecule has 2 aromatic carbocycles. The minimum absolute atomic E-state index is 0.451. The van der Waals surface area contributed by atoms with Crippen molar-refractivity contribution in [2.45, 2.75) is 17.8 Å². The standard InChI is InChI=1S/C17H21NSe/c1-14(18(2)3)17(15-10-6-4-7-11-15)19-16-12-8-5-9-13-16/h4-14,17H,1-3H3/t14-,17+/m0/s1. The fraction of sp³-hybridized carbons (Fsp3) is 0.294. The molecule has 1 nitrogen and oxygen atoms in total. The van der Waals surface area contributed by atoms with E-state index in [-0.39, 0.29) is 0 Å². The molecule has 0 bridgehead atoms. The SMILES string of the molecule is C[C@@H]([C@@H]([Se]c1ccccc1)c1ccccc1)N(C)C. The molecule has 2 atom stereocenters. The molecule has 2 heteroatoms. The Kier molecular flexibility index (Phi) is 5.21. The molecule has 2 rings (SSSR count). The van der Waals surface area contributed by atoms with Crippen molar-refractivity contribution in [3.63, 3.8) is 0 Å². The number of benzene rings is 2. The first-order valence-corrected chi connectivity index (χ1v) is 8.46. The maximum atomic E-state index is 2.32. The van der Waals surface area contributed by atoms with Crippen LogP contribution >= 0.6 is 0 Å². The number of likely N-dealkylation sites (N-methyl/N-ethyl adjacent to an activating group) is 1. The molecule has 0 heterocycles. The second kappa shape index (κ2) is 6.91. The first-order chi connectivity index (χ1) is 9.18. The molecule has 0 radical (unpaired) electrons. The van der Waals surface area contributed by atoms with Crippen LogP contribution in [0, 0.1) is 0 Å². The number of nitrogens with zero attached hydrogens (tertiary/aromatic N) is 1. The van der Waals surface area contributed by atoms with Gasteiger partial charge in [0, 0.05) is 0 Å². The van der Waals surface area contributed by atoms with Crippen molar-refractivity contribution < 1.29 is 0 Å². The second-order valence-corrected chi connectivity index (χ2v) is 7.52. The van der Waals surface area contributed by atoms with Gasteiger partial charge >= 0.3 is 122 Å². The van der Waals surface area contributed by atoms with Gasteiger partial charge in [0.15, 0.2) is 0 Å². The maximum absolute atomic E-state index is 2.32. The number of hydrogen-bond acceptors (Lipinski definition) is 1. The van der Waals surface area contributed by atoms with Crippen LogP contribution in [-0.4, -0.2) is 40.0 Å². The van der Waals surface area contributed by atoms with E-state index in [1.165, 1.54) is 10.0 Å². The molecule has 0 unspecified atom stereocenters. The Morgan fingerprint density at radius 2 is 1.37 bits per heavy atom. The summed E-state index contributed by atoms with van der Waals surface area (Å²) in [5.41, 5.74) is 1.45. The van der Waals surface area contributed by atoms with Crippen molar-refractivity contribution in [1.29, 1.82) is 0 Å². The quantitative estimate of drug-likeness (QED) is 0.766. The molecular formula is C17H21NSe. The Morgan fingerprint density at radius 1 is 0.842 bits per heavy atom. The first kappa shape index (κ1) is 14.3. The number of hydrogen-bond donors (Lipinski definition) is 0. The molecule has 0 saturated carbocycles. The molecule has 19 heavy (non-hydrogen) atoms. The normalized spacial score (nSPS) is 14.3. The summed E-state index contributed by atoms with van der Waals surface area (Å²) in [6.45, 7) is 2.32. The van der Waals surface area contributed by atoms with E-state index in [0.717, 1.165) is 0 Å². The van der Waals surface area contributed by atoms with Gasteiger partial charge in [-0.15, -0.1) is 0 Å². The molecule has 100 valence electrons. The molecule has 0 N–H and O–H groups in total. The fourth-order valence-electron chi connectivity index (χ4n) is 2.00. The van der Waals surface area contributed by atoms with E-state index in [9.17, 15) is 0 Å². The molecule has 2 aromatic rings. The van der Waals surface area contributed by atoms with Gasteiger partial charge in [0.2, 0.25) is 0 Å². The summed E-state index contributed by atoms with van der Waals surface area (Å²) in [5, 5.41) is 0. The van der Waals surface area contributed by atoms with Gasteiger partial charge in [-0.2, -0.15) is 0 Å². The Hall–Kier alpha value is -1.08. The van der Waals surface area contributed by atoms with E-state index < -0.39 is 0 Å². The van der Waals surface area contributed by atoms with Gasteiger partial charge in [0.1, 0.15) is 0 Å². The Labute approximate surface area is 122 Å². The van der Waals surface area contributed by atoms with E-state index in [0.29, 0.717) is 25.8 Å². The van der Waals surface area contributed by atoms with Crippen LogP contribution in [0.4, 0.5) is 0 Å². The molecule has 0 aromatic heterocycles. The van der Waals surface area contributed by atoms with E-state index in [2.05, 4.69) is 86.6 Å². The third-order valence-corrected chi connectivity index (χ3v) is 6.46. The zero-order chi connectivity index (χ0) is 13.7. The van der Waals surface area contributed by atoms with Crippen LogP contribution in [0.2, 0.25) is 0 Å². The zero-order valence-corrected chi connectivity index (χ0v) is 13.5. The van der Waals surface area contributed by atoms with Crippen LogP contribution in [0.3, 0.4) is 0 Å². The van der Waals surface area contributed by atoms with Crippen LogP contribution in [0.1, 0.15) is 17.3 Å². The van der Waals surface area contributed by atoms with Crippen molar-refractivity contribution in [2.24, 2.45) is 0 Å². The second-order valence-electron chi connectivity index (χ2n) is 4.97. The molecule has 0 saturated heterocycles. The molecule has 0 aliphatic heterocycles. The van der Waals surface area contributed by atoms with Crippen molar-refractivity contribution >= 4 is 19.4 Å². The summed E-state index contributed by atoms with van der Waals surface area (Å²) >= 11 is 0.451. The van der Waals surface area contributed by atoms with Gasteiger partial charge in [0.25, 0.3) is 0 Å². The summed E-state index contributed by atoms with van der Waals surface area (Å²) < 4.78 is 1.47. The summed E-state index contributed by atoms with van der Waals surface area (Å²) in [5.74, 6) is 0. The van der Waals surface area contributed by atoms with E-state index in [1.807, 2.05) is 0 Å². The third-order valence-electron chi connectivity index (χ3n) is 3.39. The Morgan fingerprint density at radius 3 is 1.89 bits per heavy atom. The van der Waals surface area contributed by atoms with Gasteiger partial charge in [-0.25, -0.2) is 0 Å². The van der Waals surface area contributed by atoms with Crippen LogP contribution in [0.15, 0.2) is 60.7 Å². The van der Waals surface area contributed by atoms with Gasteiger partial charge < -0.3 is 0 Å². The topological polar surface area (TPSA) is 3.24 Å². The predicted octanol–water partition coefficient (Wildman–Crippen LogP) is 2.71. The Balaban J connectivity index is 2.25. The fourth-order valence-corrected chi connectivity index (χ4v) is 4.82. The molecule has 0 fully saturated rings. The van der Waals surface area contributed by atoms with Crippen molar-refractivity contribution in [3.05, 3.63) is 66.2 Å².